The molecule has 320 valence electrons. The number of hydrogen-bond donors (Lipinski definition) is 2. The van der Waals surface area contributed by atoms with E-state index >= 15 is 22.0 Å². The second-order valence-corrected chi connectivity index (χ2v) is 15.8. The van der Waals surface area contributed by atoms with Crippen LogP contribution in [0.25, 0.3) is 32.1 Å². The number of nitrogens with two attached hydrogens (primary N) is 2. The average molecular weight is 871 g/mol. The van der Waals surface area contributed by atoms with E-state index in [1.165, 1.54) is 6.20 Å². The van der Waals surface area contributed by atoms with E-state index in [1.807, 2.05) is 6.07 Å². The van der Waals surface area contributed by atoms with Crippen LogP contribution >= 0.6 is 11.3 Å². The summed E-state index contributed by atoms with van der Waals surface area (Å²) in [5.41, 5.74) is 8.17. The van der Waals surface area contributed by atoms with Gasteiger partial charge < -0.3 is 25.8 Å². The number of rotatable bonds is 8. The molecule has 2 unspecified atom stereocenters. The molecule has 2 saturated heterocycles. The van der Waals surface area contributed by atoms with E-state index < -0.39 is 75.7 Å². The number of nitrogen functional groups attached to an aromatic ring is 2. The number of thiophene rings is 1. The highest BCUT2D eigenvalue weighted by molar-refractivity contribution is 7.23. The lowest BCUT2D eigenvalue weighted by atomic mass is 9.89. The SMILES string of the molecule is CCC(F)(F)F.N#Cc1c(N)sc2c(F)ccc(-c3c(C(F)(F)F)c4c5c(nc(OCC67CCCN6CC(CC(F)F)C7)nc5c3F)N(Cc3cccnc3N)CCO4)c12. The third kappa shape index (κ3) is 8.10. The van der Waals surface area contributed by atoms with Crippen LogP contribution in [0.2, 0.25) is 0 Å². The Bertz CT molecular complexity index is 2470. The molecule has 60 heavy (non-hydrogen) atoms. The number of nitrogens with zero attached hydrogens (tertiary/aromatic N) is 6. The zero-order chi connectivity index (χ0) is 43.3. The van der Waals surface area contributed by atoms with E-state index in [0.29, 0.717) is 42.8 Å². The maximum atomic E-state index is 17.4. The Morgan fingerprint density at radius 3 is 2.50 bits per heavy atom. The third-order valence-electron chi connectivity index (χ3n) is 10.9. The summed E-state index contributed by atoms with van der Waals surface area (Å²) in [7, 11) is 0. The van der Waals surface area contributed by atoms with Crippen molar-refractivity contribution in [2.75, 3.05) is 49.2 Å². The van der Waals surface area contributed by atoms with Crippen LogP contribution in [0.4, 0.5) is 60.5 Å². The van der Waals surface area contributed by atoms with Crippen LogP contribution in [0, 0.1) is 28.9 Å². The Hall–Kier alpha value is -5.36. The predicted molar refractivity (Wildman–Crippen MR) is 204 cm³/mol. The van der Waals surface area contributed by atoms with Crippen LogP contribution in [-0.4, -0.2) is 70.8 Å². The number of pyridine rings is 1. The lowest BCUT2D eigenvalue weighted by molar-refractivity contribution is -0.138. The molecule has 2 atom stereocenters. The number of alkyl halides is 8. The van der Waals surface area contributed by atoms with Gasteiger partial charge in [-0.2, -0.15) is 41.6 Å². The quantitative estimate of drug-likeness (QED) is 0.145. The van der Waals surface area contributed by atoms with E-state index in [0.717, 1.165) is 25.5 Å². The van der Waals surface area contributed by atoms with Crippen molar-refractivity contribution in [3.63, 3.8) is 0 Å². The van der Waals surface area contributed by atoms with Crippen molar-refractivity contribution in [2.45, 2.75) is 69.9 Å². The van der Waals surface area contributed by atoms with Gasteiger partial charge in [0.15, 0.2) is 5.82 Å². The fourth-order valence-corrected chi connectivity index (χ4v) is 9.25. The van der Waals surface area contributed by atoms with Crippen LogP contribution in [0.15, 0.2) is 30.5 Å². The summed E-state index contributed by atoms with van der Waals surface area (Å²) >= 11 is 0.654. The van der Waals surface area contributed by atoms with E-state index in [-0.39, 0.29) is 76.9 Å². The Balaban J connectivity index is 0.000000846. The number of aromatic nitrogens is 3. The first-order valence-electron chi connectivity index (χ1n) is 18.7. The molecule has 0 amide bonds. The molecule has 2 fully saturated rings. The molecule has 0 radical (unpaired) electrons. The van der Waals surface area contributed by atoms with Crippen molar-refractivity contribution in [2.24, 2.45) is 5.92 Å². The van der Waals surface area contributed by atoms with Gasteiger partial charge >= 0.3 is 18.4 Å². The van der Waals surface area contributed by atoms with Gasteiger partial charge in [-0.15, -0.1) is 11.3 Å². The molecule has 8 rings (SSSR count). The summed E-state index contributed by atoms with van der Waals surface area (Å²) in [6.07, 6.45) is -9.30. The first-order chi connectivity index (χ1) is 28.4. The van der Waals surface area contributed by atoms with Crippen molar-refractivity contribution in [3.05, 3.63) is 58.8 Å². The van der Waals surface area contributed by atoms with E-state index in [2.05, 4.69) is 19.9 Å². The van der Waals surface area contributed by atoms with Gasteiger partial charge in [-0.1, -0.05) is 19.1 Å². The number of anilines is 3. The van der Waals surface area contributed by atoms with Crippen molar-refractivity contribution in [1.82, 2.24) is 19.9 Å². The molecular weight excluding hydrogens is 835 g/mol. The summed E-state index contributed by atoms with van der Waals surface area (Å²) < 4.78 is 149. The first kappa shape index (κ1) is 42.8. The molecule has 0 saturated carbocycles. The van der Waals surface area contributed by atoms with Gasteiger partial charge in [0, 0.05) is 48.6 Å². The van der Waals surface area contributed by atoms with Gasteiger partial charge in [0.25, 0.3) is 0 Å². The number of benzene rings is 2. The molecule has 3 aromatic heterocycles. The van der Waals surface area contributed by atoms with Crippen LogP contribution in [-0.2, 0) is 12.7 Å². The minimum absolute atomic E-state index is 0.00985. The molecule has 10 nitrogen and oxygen atoms in total. The molecule has 0 bridgehead atoms. The number of fused-ring (bicyclic) bond motifs is 2. The largest absolute Gasteiger partial charge is 0.490 e. The topological polar surface area (TPSA) is 139 Å². The summed E-state index contributed by atoms with van der Waals surface area (Å²) in [5.74, 6) is -3.31. The molecule has 3 aliphatic rings. The van der Waals surface area contributed by atoms with Crippen molar-refractivity contribution in [1.29, 1.82) is 5.26 Å². The predicted octanol–water partition coefficient (Wildman–Crippen LogP) is 9.49. The van der Waals surface area contributed by atoms with Gasteiger partial charge in [-0.25, -0.2) is 22.5 Å². The number of hydrogen-bond acceptors (Lipinski definition) is 11. The Morgan fingerprint density at radius 1 is 1.08 bits per heavy atom. The van der Waals surface area contributed by atoms with Crippen LogP contribution in [0.3, 0.4) is 0 Å². The van der Waals surface area contributed by atoms with Gasteiger partial charge in [0.1, 0.15) is 58.6 Å². The second-order valence-electron chi connectivity index (χ2n) is 14.7. The van der Waals surface area contributed by atoms with Crippen molar-refractivity contribution < 1.29 is 53.4 Å². The van der Waals surface area contributed by atoms with Crippen molar-refractivity contribution >= 4 is 49.0 Å². The van der Waals surface area contributed by atoms with Crippen LogP contribution < -0.4 is 25.8 Å². The second kappa shape index (κ2) is 16.2. The highest BCUT2D eigenvalue weighted by Gasteiger charge is 2.50. The maximum absolute atomic E-state index is 17.4. The Labute approximate surface area is 339 Å². The zero-order valence-electron chi connectivity index (χ0n) is 31.7. The summed E-state index contributed by atoms with van der Waals surface area (Å²) in [6, 6.07) is 6.62. The molecule has 5 aromatic rings. The van der Waals surface area contributed by atoms with Gasteiger partial charge in [0.05, 0.1) is 27.7 Å². The zero-order valence-corrected chi connectivity index (χ0v) is 32.5. The molecule has 21 heteroatoms. The monoisotopic (exact) mass is 870 g/mol. The first-order valence-corrected chi connectivity index (χ1v) is 19.5. The molecule has 0 spiro atoms. The average Bonchev–Trinajstić information content (AvgIpc) is 3.80. The summed E-state index contributed by atoms with van der Waals surface area (Å²) in [6.45, 7) is 1.83. The minimum atomic E-state index is -5.24. The standard InChI is InChI=1S/C36H31F7N8O2S.C3H5F3/c37-21-5-4-19(23-20(13-44)32(46)54-30(21)23)24-26(36(41,42)43)29-25-28(27(24)40)48-34(53-16-35-6-2-8-51(35)14-17(12-35)11-22(38)39)49-33(25)50(9-10-52-29)15-18-3-1-7-47-31(18)45;1-2-3(4,5)6/h1,3-5,7,17,22H,2,6,8-12,14-16,46H2,(H2,45,47);2H2,1H3. The van der Waals surface area contributed by atoms with Gasteiger partial charge in [-0.05, 0) is 49.4 Å². The van der Waals surface area contributed by atoms with E-state index in [9.17, 15) is 27.2 Å². The van der Waals surface area contributed by atoms with Crippen LogP contribution in [0.1, 0.15) is 55.7 Å². The molecular formula is C39H36F10N8O2S. The maximum Gasteiger partial charge on any atom is 0.420 e. The summed E-state index contributed by atoms with van der Waals surface area (Å²) in [5, 5.41) is 9.08. The highest BCUT2D eigenvalue weighted by atomic mass is 32.1. The number of halogens is 10. The molecule has 4 N–H and O–H groups in total. The van der Waals surface area contributed by atoms with Gasteiger partial charge in [-0.3, -0.25) is 4.90 Å². The fourth-order valence-electron chi connectivity index (χ4n) is 8.30. The normalized spacial score (nSPS) is 19.2. The number of ether oxygens (including phenoxy) is 2. The van der Waals surface area contributed by atoms with Crippen molar-refractivity contribution in [3.8, 4) is 29.0 Å². The molecule has 0 aliphatic carbocycles. The Kier molecular flexibility index (Phi) is 11.6. The highest BCUT2D eigenvalue weighted by Crippen LogP contribution is 2.53. The molecule has 3 aliphatic heterocycles. The summed E-state index contributed by atoms with van der Waals surface area (Å²) in [4.78, 5) is 16.7. The minimum Gasteiger partial charge on any atom is -0.490 e. The fraction of sp³-hybridized carbons (Fsp3) is 0.436. The van der Waals surface area contributed by atoms with Gasteiger partial charge in [0.2, 0.25) is 6.43 Å². The van der Waals surface area contributed by atoms with E-state index in [4.69, 9.17) is 20.9 Å². The van der Waals surface area contributed by atoms with Crippen LogP contribution in [0.5, 0.6) is 11.8 Å². The van der Waals surface area contributed by atoms with E-state index in [1.54, 1.807) is 17.0 Å². The molecule has 2 aromatic carbocycles. The lowest BCUT2D eigenvalue weighted by Crippen LogP contribution is -2.43. The molecule has 6 heterocycles. The Morgan fingerprint density at radius 2 is 1.83 bits per heavy atom. The smallest absolute Gasteiger partial charge is 0.420 e. The third-order valence-corrected chi connectivity index (χ3v) is 12.0. The number of nitriles is 1. The lowest BCUT2D eigenvalue weighted by Gasteiger charge is -2.31.